The molecule has 1 atom stereocenters. The zero-order valence-corrected chi connectivity index (χ0v) is 8.75. The highest BCUT2D eigenvalue weighted by molar-refractivity contribution is 4.75. The van der Waals surface area contributed by atoms with Crippen molar-refractivity contribution < 1.29 is 4.74 Å². The van der Waals surface area contributed by atoms with Crippen molar-refractivity contribution >= 4 is 0 Å². The lowest BCUT2D eigenvalue weighted by Crippen LogP contribution is -2.39. The number of hydrazine groups is 1. The summed E-state index contributed by atoms with van der Waals surface area (Å²) in [6, 6.07) is 0.336. The lowest BCUT2D eigenvalue weighted by atomic mass is 10.1. The maximum Gasteiger partial charge on any atom is 0.0636 e. The van der Waals surface area contributed by atoms with E-state index in [1.165, 1.54) is 19.3 Å². The van der Waals surface area contributed by atoms with Gasteiger partial charge in [-0.2, -0.15) is 0 Å². The second-order valence-electron chi connectivity index (χ2n) is 4.27. The van der Waals surface area contributed by atoms with Crippen molar-refractivity contribution in [3.8, 4) is 0 Å². The Kier molecular flexibility index (Phi) is 4.70. The Bertz CT molecular complexity index is 129. The summed E-state index contributed by atoms with van der Waals surface area (Å²) in [5.74, 6) is 6.42. The smallest absolute Gasteiger partial charge is 0.0636 e. The molecule has 1 unspecified atom stereocenters. The number of nitrogens with two attached hydrogens (primary N) is 1. The molecular weight excluding hydrogens is 164 g/mol. The number of nitrogens with one attached hydrogen (secondary N) is 1. The lowest BCUT2D eigenvalue weighted by Gasteiger charge is -2.17. The summed E-state index contributed by atoms with van der Waals surface area (Å²) in [5, 5.41) is 0. The molecule has 0 aromatic heterocycles. The lowest BCUT2D eigenvalue weighted by molar-refractivity contribution is 0.0589. The van der Waals surface area contributed by atoms with Crippen molar-refractivity contribution in [2.24, 2.45) is 11.8 Å². The Morgan fingerprint density at radius 2 is 2.15 bits per heavy atom. The minimum absolute atomic E-state index is 0.303. The Balaban J connectivity index is 2.02. The molecule has 0 spiro atoms. The van der Waals surface area contributed by atoms with Gasteiger partial charge < -0.3 is 4.74 Å². The van der Waals surface area contributed by atoms with E-state index in [0.717, 1.165) is 18.9 Å². The van der Waals surface area contributed by atoms with Crippen LogP contribution in [0.2, 0.25) is 0 Å². The van der Waals surface area contributed by atoms with Crippen molar-refractivity contribution in [1.29, 1.82) is 0 Å². The van der Waals surface area contributed by atoms with Crippen LogP contribution in [-0.4, -0.2) is 18.8 Å². The van der Waals surface area contributed by atoms with E-state index < -0.39 is 0 Å². The molecule has 1 aliphatic rings. The number of hydrogen-bond acceptors (Lipinski definition) is 3. The Morgan fingerprint density at radius 3 is 2.62 bits per heavy atom. The van der Waals surface area contributed by atoms with Gasteiger partial charge in [-0.25, -0.2) is 0 Å². The quantitative estimate of drug-likeness (QED) is 0.467. The monoisotopic (exact) mass is 186 g/mol. The predicted octanol–water partition coefficient (Wildman–Crippen LogP) is 1.43. The van der Waals surface area contributed by atoms with Crippen LogP contribution in [0.4, 0.5) is 0 Å². The van der Waals surface area contributed by atoms with Crippen LogP contribution in [0.3, 0.4) is 0 Å². The van der Waals surface area contributed by atoms with Crippen molar-refractivity contribution in [3.05, 3.63) is 0 Å². The average molecular weight is 186 g/mol. The number of ether oxygens (including phenoxy) is 1. The Labute approximate surface area is 81.0 Å². The fraction of sp³-hybridized carbons (Fsp3) is 1.00. The molecule has 3 nitrogen and oxygen atoms in total. The second-order valence-corrected chi connectivity index (χ2v) is 4.27. The van der Waals surface area contributed by atoms with Gasteiger partial charge in [-0.1, -0.05) is 12.8 Å². The molecule has 78 valence electrons. The van der Waals surface area contributed by atoms with Crippen LogP contribution in [0, 0.1) is 5.92 Å². The van der Waals surface area contributed by atoms with Crippen molar-refractivity contribution in [2.75, 3.05) is 6.61 Å². The van der Waals surface area contributed by atoms with Crippen LogP contribution in [0.1, 0.15) is 39.5 Å². The van der Waals surface area contributed by atoms with Crippen molar-refractivity contribution in [2.45, 2.75) is 51.7 Å². The summed E-state index contributed by atoms with van der Waals surface area (Å²) in [5.41, 5.74) is 2.82. The third-order valence-corrected chi connectivity index (χ3v) is 2.49. The van der Waals surface area contributed by atoms with Crippen LogP contribution in [0.25, 0.3) is 0 Å². The molecule has 0 bridgehead atoms. The topological polar surface area (TPSA) is 47.3 Å². The summed E-state index contributed by atoms with van der Waals surface area (Å²) in [6.07, 6.45) is 5.59. The summed E-state index contributed by atoms with van der Waals surface area (Å²) >= 11 is 0. The maximum atomic E-state index is 5.51. The highest BCUT2D eigenvalue weighted by atomic mass is 16.5. The van der Waals surface area contributed by atoms with Gasteiger partial charge in [0.05, 0.1) is 12.7 Å². The van der Waals surface area contributed by atoms with Gasteiger partial charge in [-0.15, -0.1) is 0 Å². The molecule has 1 fully saturated rings. The van der Waals surface area contributed by atoms with Crippen LogP contribution >= 0.6 is 0 Å². The van der Waals surface area contributed by atoms with E-state index in [9.17, 15) is 0 Å². The molecule has 0 heterocycles. The molecule has 0 radical (unpaired) electrons. The van der Waals surface area contributed by atoms with Crippen molar-refractivity contribution in [1.82, 2.24) is 5.43 Å². The van der Waals surface area contributed by atoms with E-state index in [0.29, 0.717) is 12.1 Å². The first-order chi connectivity index (χ1) is 6.22. The first-order valence-electron chi connectivity index (χ1n) is 5.30. The molecule has 0 aromatic carbocycles. The van der Waals surface area contributed by atoms with Crippen LogP contribution in [0.15, 0.2) is 0 Å². The zero-order chi connectivity index (χ0) is 9.68. The van der Waals surface area contributed by atoms with E-state index in [1.54, 1.807) is 0 Å². The molecule has 1 rings (SSSR count). The van der Waals surface area contributed by atoms with E-state index in [-0.39, 0.29) is 0 Å². The SMILES string of the molecule is CC(C)OCC(CCC1CC1)NN. The molecule has 0 saturated heterocycles. The van der Waals surface area contributed by atoms with E-state index in [2.05, 4.69) is 19.3 Å². The molecule has 13 heavy (non-hydrogen) atoms. The third-order valence-electron chi connectivity index (χ3n) is 2.49. The van der Waals surface area contributed by atoms with Gasteiger partial charge in [-0.3, -0.25) is 11.3 Å². The Morgan fingerprint density at radius 1 is 1.46 bits per heavy atom. The van der Waals surface area contributed by atoms with Gasteiger partial charge >= 0.3 is 0 Å². The summed E-state index contributed by atoms with van der Waals surface area (Å²) in [6.45, 7) is 4.84. The molecule has 3 N–H and O–H groups in total. The van der Waals surface area contributed by atoms with Gasteiger partial charge in [-0.05, 0) is 32.6 Å². The van der Waals surface area contributed by atoms with Gasteiger partial charge in [0, 0.05) is 6.04 Å². The fourth-order valence-electron chi connectivity index (χ4n) is 1.37. The standard InChI is InChI=1S/C10H22N2O/c1-8(2)13-7-10(12-11)6-5-9-3-4-9/h8-10,12H,3-7,11H2,1-2H3. The van der Waals surface area contributed by atoms with E-state index >= 15 is 0 Å². The van der Waals surface area contributed by atoms with Crippen LogP contribution < -0.4 is 11.3 Å². The van der Waals surface area contributed by atoms with E-state index in [1.807, 2.05) is 0 Å². The fourth-order valence-corrected chi connectivity index (χ4v) is 1.37. The normalized spacial score (nSPS) is 19.4. The average Bonchev–Trinajstić information content (AvgIpc) is 2.88. The van der Waals surface area contributed by atoms with Crippen LogP contribution in [0.5, 0.6) is 0 Å². The summed E-state index contributed by atoms with van der Waals surface area (Å²) in [4.78, 5) is 0. The Hall–Kier alpha value is -0.120. The third kappa shape index (κ3) is 5.24. The largest absolute Gasteiger partial charge is 0.377 e. The minimum Gasteiger partial charge on any atom is -0.377 e. The zero-order valence-electron chi connectivity index (χ0n) is 8.75. The van der Waals surface area contributed by atoms with Crippen molar-refractivity contribution in [3.63, 3.8) is 0 Å². The predicted molar refractivity (Wildman–Crippen MR) is 54.2 cm³/mol. The summed E-state index contributed by atoms with van der Waals surface area (Å²) in [7, 11) is 0. The van der Waals surface area contributed by atoms with Crippen LogP contribution in [-0.2, 0) is 4.74 Å². The molecule has 1 saturated carbocycles. The number of rotatable bonds is 7. The molecule has 0 amide bonds. The highest BCUT2D eigenvalue weighted by Crippen LogP contribution is 2.33. The number of hydrogen-bond donors (Lipinski definition) is 2. The highest BCUT2D eigenvalue weighted by Gasteiger charge is 2.22. The first-order valence-corrected chi connectivity index (χ1v) is 5.30. The molecule has 1 aliphatic carbocycles. The summed E-state index contributed by atoms with van der Waals surface area (Å²) < 4.78 is 5.51. The van der Waals surface area contributed by atoms with Gasteiger partial charge in [0.2, 0.25) is 0 Å². The maximum absolute atomic E-state index is 5.51. The van der Waals surface area contributed by atoms with E-state index in [4.69, 9.17) is 10.6 Å². The van der Waals surface area contributed by atoms with Gasteiger partial charge in [0.1, 0.15) is 0 Å². The van der Waals surface area contributed by atoms with Gasteiger partial charge in [0.15, 0.2) is 0 Å². The first kappa shape index (κ1) is 11.0. The molecule has 0 aromatic rings. The molecule has 3 heteroatoms. The minimum atomic E-state index is 0.303. The van der Waals surface area contributed by atoms with Gasteiger partial charge in [0.25, 0.3) is 0 Å². The second kappa shape index (κ2) is 5.58. The molecular formula is C10H22N2O. The molecule has 0 aliphatic heterocycles.